The molecule has 2 N–H and O–H groups in total. The first kappa shape index (κ1) is 15.5. The molecular formula is C13H19NO4S. The van der Waals surface area contributed by atoms with E-state index in [9.17, 15) is 9.59 Å². The van der Waals surface area contributed by atoms with Crippen molar-refractivity contribution < 1.29 is 19.4 Å². The van der Waals surface area contributed by atoms with Gasteiger partial charge in [-0.15, -0.1) is 11.3 Å². The highest BCUT2D eigenvalue weighted by Gasteiger charge is 2.24. The number of rotatable bonds is 6. The fourth-order valence-electron chi connectivity index (χ4n) is 1.31. The number of ether oxygens (including phenoxy) is 1. The molecular weight excluding hydrogens is 266 g/mol. The SMILES string of the molecule is CCC(C)(C)NC(=O)C(C)Oc1ccsc1C(=O)O. The fourth-order valence-corrected chi connectivity index (χ4v) is 1.97. The molecule has 1 amide bonds. The molecule has 1 rings (SSSR count). The zero-order valence-corrected chi connectivity index (χ0v) is 12.3. The van der Waals surface area contributed by atoms with Crippen LogP contribution in [0.25, 0.3) is 0 Å². The standard InChI is InChI=1S/C13H19NO4S/c1-5-13(3,4)14-11(15)8(2)18-9-6-7-19-10(9)12(16)17/h6-8H,5H2,1-4H3,(H,14,15)(H,16,17). The molecule has 1 aromatic heterocycles. The third-order valence-electron chi connectivity index (χ3n) is 2.84. The Morgan fingerprint density at radius 1 is 1.53 bits per heavy atom. The predicted molar refractivity (Wildman–Crippen MR) is 73.9 cm³/mol. The highest BCUT2D eigenvalue weighted by atomic mass is 32.1. The molecule has 0 spiro atoms. The summed E-state index contributed by atoms with van der Waals surface area (Å²) >= 11 is 1.07. The van der Waals surface area contributed by atoms with Crippen LogP contribution < -0.4 is 10.1 Å². The van der Waals surface area contributed by atoms with Crippen molar-refractivity contribution in [1.82, 2.24) is 5.32 Å². The summed E-state index contributed by atoms with van der Waals surface area (Å²) in [6.07, 6.45) is 0.0584. The van der Waals surface area contributed by atoms with E-state index in [-0.39, 0.29) is 22.1 Å². The quantitative estimate of drug-likeness (QED) is 0.842. The number of amides is 1. The van der Waals surface area contributed by atoms with Crippen LogP contribution >= 0.6 is 11.3 Å². The maximum atomic E-state index is 11.9. The van der Waals surface area contributed by atoms with E-state index in [1.807, 2.05) is 20.8 Å². The van der Waals surface area contributed by atoms with Gasteiger partial charge in [0.2, 0.25) is 0 Å². The van der Waals surface area contributed by atoms with Gasteiger partial charge in [-0.1, -0.05) is 6.92 Å². The van der Waals surface area contributed by atoms with Crippen LogP contribution in [-0.2, 0) is 4.79 Å². The van der Waals surface area contributed by atoms with Crippen molar-refractivity contribution in [3.05, 3.63) is 16.3 Å². The van der Waals surface area contributed by atoms with E-state index < -0.39 is 12.1 Å². The summed E-state index contributed by atoms with van der Waals surface area (Å²) in [7, 11) is 0. The summed E-state index contributed by atoms with van der Waals surface area (Å²) in [4.78, 5) is 23.0. The van der Waals surface area contributed by atoms with Crippen LogP contribution in [0.3, 0.4) is 0 Å². The van der Waals surface area contributed by atoms with E-state index in [4.69, 9.17) is 9.84 Å². The molecule has 1 atom stereocenters. The van der Waals surface area contributed by atoms with Gasteiger partial charge >= 0.3 is 5.97 Å². The zero-order chi connectivity index (χ0) is 14.6. The molecule has 0 aromatic carbocycles. The van der Waals surface area contributed by atoms with E-state index in [1.54, 1.807) is 18.4 Å². The number of carbonyl (C=O) groups excluding carboxylic acids is 1. The van der Waals surface area contributed by atoms with Gasteiger partial charge in [0.25, 0.3) is 5.91 Å². The zero-order valence-electron chi connectivity index (χ0n) is 11.5. The Labute approximate surface area is 116 Å². The average molecular weight is 285 g/mol. The third-order valence-corrected chi connectivity index (χ3v) is 3.73. The maximum Gasteiger partial charge on any atom is 0.349 e. The van der Waals surface area contributed by atoms with Crippen LogP contribution in [0.4, 0.5) is 0 Å². The largest absolute Gasteiger partial charge is 0.479 e. The summed E-state index contributed by atoms with van der Waals surface area (Å²) < 4.78 is 5.42. The summed E-state index contributed by atoms with van der Waals surface area (Å²) in [5.74, 6) is -1.07. The lowest BCUT2D eigenvalue weighted by atomic mass is 10.0. The normalized spacial score (nSPS) is 12.8. The van der Waals surface area contributed by atoms with E-state index in [0.29, 0.717) is 0 Å². The van der Waals surface area contributed by atoms with Crippen molar-refractivity contribution in [3.63, 3.8) is 0 Å². The number of carbonyl (C=O) groups is 2. The molecule has 0 saturated carbocycles. The van der Waals surface area contributed by atoms with Crippen molar-refractivity contribution in [2.45, 2.75) is 45.8 Å². The second kappa shape index (κ2) is 6.06. The molecule has 0 saturated heterocycles. The number of carboxylic acids is 1. The number of carboxylic acid groups (broad SMARTS) is 1. The Balaban J connectivity index is 2.69. The first-order valence-corrected chi connectivity index (χ1v) is 6.94. The fraction of sp³-hybridized carbons (Fsp3) is 0.538. The molecule has 0 aliphatic rings. The molecule has 0 radical (unpaired) electrons. The Hall–Kier alpha value is -1.56. The van der Waals surface area contributed by atoms with Crippen molar-refractivity contribution in [2.75, 3.05) is 0 Å². The van der Waals surface area contributed by atoms with Crippen LogP contribution in [0.15, 0.2) is 11.4 Å². The summed E-state index contributed by atoms with van der Waals surface area (Å²) in [6.45, 7) is 7.42. The smallest absolute Gasteiger partial charge is 0.349 e. The van der Waals surface area contributed by atoms with Crippen LogP contribution in [0, 0.1) is 0 Å². The van der Waals surface area contributed by atoms with Gasteiger partial charge in [-0.05, 0) is 38.6 Å². The third kappa shape index (κ3) is 4.24. The van der Waals surface area contributed by atoms with Crippen molar-refractivity contribution >= 4 is 23.2 Å². The molecule has 1 unspecified atom stereocenters. The van der Waals surface area contributed by atoms with Crippen LogP contribution in [-0.4, -0.2) is 28.6 Å². The van der Waals surface area contributed by atoms with E-state index in [1.165, 1.54) is 0 Å². The van der Waals surface area contributed by atoms with Gasteiger partial charge in [-0.3, -0.25) is 4.79 Å². The number of aromatic carboxylic acids is 1. The van der Waals surface area contributed by atoms with Gasteiger partial charge in [0.1, 0.15) is 5.75 Å². The van der Waals surface area contributed by atoms with Crippen molar-refractivity contribution in [2.24, 2.45) is 0 Å². The Morgan fingerprint density at radius 2 is 2.16 bits per heavy atom. The molecule has 106 valence electrons. The van der Waals surface area contributed by atoms with Gasteiger partial charge in [0.15, 0.2) is 11.0 Å². The lowest BCUT2D eigenvalue weighted by molar-refractivity contribution is -0.129. The molecule has 5 nitrogen and oxygen atoms in total. The molecule has 1 aromatic rings. The molecule has 0 fully saturated rings. The first-order valence-electron chi connectivity index (χ1n) is 6.06. The topological polar surface area (TPSA) is 75.6 Å². The Morgan fingerprint density at radius 3 is 2.68 bits per heavy atom. The predicted octanol–water partition coefficient (Wildman–Crippen LogP) is 2.52. The number of hydrogen-bond acceptors (Lipinski definition) is 4. The minimum atomic E-state index is -1.05. The second-order valence-electron chi connectivity index (χ2n) is 4.91. The van der Waals surface area contributed by atoms with Gasteiger partial charge in [-0.25, -0.2) is 4.79 Å². The van der Waals surface area contributed by atoms with Crippen LogP contribution in [0.2, 0.25) is 0 Å². The van der Waals surface area contributed by atoms with Crippen molar-refractivity contribution in [3.8, 4) is 5.75 Å². The van der Waals surface area contributed by atoms with E-state index in [0.717, 1.165) is 17.8 Å². The van der Waals surface area contributed by atoms with Crippen molar-refractivity contribution in [1.29, 1.82) is 0 Å². The van der Waals surface area contributed by atoms with Crippen LogP contribution in [0.5, 0.6) is 5.75 Å². The van der Waals surface area contributed by atoms with Gasteiger partial charge < -0.3 is 15.2 Å². The van der Waals surface area contributed by atoms with Gasteiger partial charge in [-0.2, -0.15) is 0 Å². The molecule has 0 bridgehead atoms. The number of nitrogens with one attached hydrogen (secondary N) is 1. The molecule has 6 heteroatoms. The Kier molecular flexibility index (Phi) is 4.94. The monoisotopic (exact) mass is 285 g/mol. The molecule has 19 heavy (non-hydrogen) atoms. The van der Waals surface area contributed by atoms with E-state index >= 15 is 0 Å². The lowest BCUT2D eigenvalue weighted by Gasteiger charge is -2.26. The van der Waals surface area contributed by atoms with Gasteiger partial charge in [0, 0.05) is 5.54 Å². The highest BCUT2D eigenvalue weighted by Crippen LogP contribution is 2.25. The number of hydrogen-bond donors (Lipinski definition) is 2. The molecule has 0 aliphatic heterocycles. The highest BCUT2D eigenvalue weighted by molar-refractivity contribution is 7.12. The second-order valence-corrected chi connectivity index (χ2v) is 5.82. The number of thiophene rings is 1. The summed E-state index contributed by atoms with van der Waals surface area (Å²) in [5.41, 5.74) is -0.307. The minimum absolute atomic E-state index is 0.106. The van der Waals surface area contributed by atoms with E-state index in [2.05, 4.69) is 5.32 Å². The molecule has 1 heterocycles. The summed E-state index contributed by atoms with van der Waals surface area (Å²) in [5, 5.41) is 13.4. The molecule has 0 aliphatic carbocycles. The van der Waals surface area contributed by atoms with Crippen LogP contribution in [0.1, 0.15) is 43.8 Å². The first-order chi connectivity index (χ1) is 8.76. The van der Waals surface area contributed by atoms with Gasteiger partial charge in [0.05, 0.1) is 0 Å². The Bertz CT molecular complexity index is 467. The maximum absolute atomic E-state index is 11.9. The average Bonchev–Trinajstić information content (AvgIpc) is 2.76. The lowest BCUT2D eigenvalue weighted by Crippen LogP contribution is -2.48. The minimum Gasteiger partial charge on any atom is -0.479 e. The summed E-state index contributed by atoms with van der Waals surface area (Å²) in [6, 6.07) is 1.56.